The van der Waals surface area contributed by atoms with Gasteiger partial charge in [-0.15, -0.1) is 0 Å². The second kappa shape index (κ2) is 3.95. The fraction of sp³-hybridized carbons (Fsp3) is 0.857. The SMILES string of the molecule is CC(C)(C)C(CBr)NC(=O)O. The fourth-order valence-corrected chi connectivity index (χ4v) is 1.77. The molecular weight excluding hydrogens is 210 g/mol. The van der Waals surface area contributed by atoms with Crippen molar-refractivity contribution in [1.82, 2.24) is 5.32 Å². The van der Waals surface area contributed by atoms with Crippen LogP contribution in [-0.2, 0) is 0 Å². The van der Waals surface area contributed by atoms with Crippen LogP contribution in [0.3, 0.4) is 0 Å². The second-order valence-electron chi connectivity index (χ2n) is 3.52. The highest BCUT2D eigenvalue weighted by atomic mass is 79.9. The highest BCUT2D eigenvalue weighted by Gasteiger charge is 2.24. The van der Waals surface area contributed by atoms with Crippen molar-refractivity contribution in [3.8, 4) is 0 Å². The van der Waals surface area contributed by atoms with Crippen LogP contribution in [0.5, 0.6) is 0 Å². The van der Waals surface area contributed by atoms with Gasteiger partial charge in [0.2, 0.25) is 0 Å². The van der Waals surface area contributed by atoms with Crippen LogP contribution < -0.4 is 5.32 Å². The molecule has 3 nitrogen and oxygen atoms in total. The molecule has 4 heteroatoms. The third-order valence-corrected chi connectivity index (χ3v) is 2.14. The second-order valence-corrected chi connectivity index (χ2v) is 4.17. The first-order valence-corrected chi connectivity index (χ1v) is 4.55. The molecule has 1 unspecified atom stereocenters. The maximum atomic E-state index is 10.3. The molecule has 0 aromatic rings. The standard InChI is InChI=1S/C7H14BrNO2/c1-7(2,3)5(4-8)9-6(10)11/h5,9H,4H2,1-3H3,(H,10,11). The van der Waals surface area contributed by atoms with Crippen LogP contribution in [0.25, 0.3) is 0 Å². The Morgan fingerprint density at radius 3 is 2.18 bits per heavy atom. The number of amides is 1. The summed E-state index contributed by atoms with van der Waals surface area (Å²) in [6.07, 6.45) is -0.968. The normalized spacial score (nSPS) is 14.2. The number of halogens is 1. The van der Waals surface area contributed by atoms with E-state index in [0.717, 1.165) is 0 Å². The van der Waals surface area contributed by atoms with E-state index in [2.05, 4.69) is 21.2 Å². The lowest BCUT2D eigenvalue weighted by atomic mass is 9.88. The van der Waals surface area contributed by atoms with Crippen LogP contribution in [0.1, 0.15) is 20.8 Å². The summed E-state index contributed by atoms with van der Waals surface area (Å²) in [5.74, 6) is 0. The minimum atomic E-state index is -0.968. The summed E-state index contributed by atoms with van der Waals surface area (Å²) < 4.78 is 0. The highest BCUT2D eigenvalue weighted by Crippen LogP contribution is 2.20. The summed E-state index contributed by atoms with van der Waals surface area (Å²) in [6, 6.07) is -0.0417. The molecule has 0 spiro atoms. The monoisotopic (exact) mass is 223 g/mol. The molecule has 0 aliphatic carbocycles. The number of alkyl halides is 1. The summed E-state index contributed by atoms with van der Waals surface area (Å²) >= 11 is 3.25. The molecule has 0 radical (unpaired) electrons. The van der Waals surface area contributed by atoms with Gasteiger partial charge in [-0.05, 0) is 5.41 Å². The molecule has 0 saturated heterocycles. The average molecular weight is 224 g/mol. The molecule has 0 aliphatic rings. The number of carboxylic acid groups (broad SMARTS) is 1. The molecule has 0 saturated carbocycles. The predicted molar refractivity (Wildman–Crippen MR) is 48.2 cm³/mol. The van der Waals surface area contributed by atoms with Gasteiger partial charge in [0, 0.05) is 11.4 Å². The van der Waals surface area contributed by atoms with Crippen molar-refractivity contribution in [2.75, 3.05) is 5.33 Å². The Labute approximate surface area is 75.3 Å². The van der Waals surface area contributed by atoms with Gasteiger partial charge < -0.3 is 10.4 Å². The Balaban J connectivity index is 4.07. The lowest BCUT2D eigenvalue weighted by Gasteiger charge is -2.28. The van der Waals surface area contributed by atoms with Crippen LogP contribution >= 0.6 is 15.9 Å². The number of hydrogen-bond donors (Lipinski definition) is 2. The molecule has 1 atom stereocenters. The fourth-order valence-electron chi connectivity index (χ4n) is 0.636. The Morgan fingerprint density at radius 1 is 1.64 bits per heavy atom. The van der Waals surface area contributed by atoms with Crippen molar-refractivity contribution in [2.24, 2.45) is 5.41 Å². The van der Waals surface area contributed by atoms with Crippen LogP contribution in [0, 0.1) is 5.41 Å². The molecule has 0 aromatic carbocycles. The van der Waals surface area contributed by atoms with Crippen LogP contribution in [0.4, 0.5) is 4.79 Å². The molecule has 0 heterocycles. The highest BCUT2D eigenvalue weighted by molar-refractivity contribution is 9.09. The molecule has 0 aliphatic heterocycles. The van der Waals surface area contributed by atoms with Gasteiger partial charge in [0.15, 0.2) is 0 Å². The van der Waals surface area contributed by atoms with Gasteiger partial charge in [-0.2, -0.15) is 0 Å². The van der Waals surface area contributed by atoms with Gasteiger partial charge >= 0.3 is 6.09 Å². The van der Waals surface area contributed by atoms with Gasteiger partial charge in [-0.3, -0.25) is 0 Å². The van der Waals surface area contributed by atoms with E-state index in [1.807, 2.05) is 20.8 Å². The van der Waals surface area contributed by atoms with Gasteiger partial charge in [0.05, 0.1) is 0 Å². The number of hydrogen-bond acceptors (Lipinski definition) is 1. The number of nitrogens with one attached hydrogen (secondary N) is 1. The van der Waals surface area contributed by atoms with Crippen LogP contribution in [-0.4, -0.2) is 22.6 Å². The third-order valence-electron chi connectivity index (χ3n) is 1.50. The first kappa shape index (κ1) is 10.8. The van der Waals surface area contributed by atoms with E-state index in [1.54, 1.807) is 0 Å². The molecule has 1 amide bonds. The van der Waals surface area contributed by atoms with Crippen molar-refractivity contribution in [2.45, 2.75) is 26.8 Å². The maximum Gasteiger partial charge on any atom is 0.404 e. The van der Waals surface area contributed by atoms with E-state index < -0.39 is 6.09 Å². The average Bonchev–Trinajstić information content (AvgIpc) is 1.79. The quantitative estimate of drug-likeness (QED) is 0.705. The number of rotatable bonds is 2. The largest absolute Gasteiger partial charge is 0.465 e. The topological polar surface area (TPSA) is 49.3 Å². The third kappa shape index (κ3) is 4.24. The molecule has 0 fully saturated rings. The molecule has 66 valence electrons. The maximum absolute atomic E-state index is 10.3. The zero-order valence-corrected chi connectivity index (χ0v) is 8.60. The Morgan fingerprint density at radius 2 is 2.09 bits per heavy atom. The Bertz CT molecular complexity index is 142. The van der Waals surface area contributed by atoms with E-state index in [-0.39, 0.29) is 11.5 Å². The zero-order chi connectivity index (χ0) is 9.07. The van der Waals surface area contributed by atoms with Gasteiger partial charge in [0.1, 0.15) is 0 Å². The van der Waals surface area contributed by atoms with Crippen molar-refractivity contribution in [3.63, 3.8) is 0 Å². The zero-order valence-electron chi connectivity index (χ0n) is 7.02. The first-order chi connectivity index (χ1) is 4.88. The lowest BCUT2D eigenvalue weighted by molar-refractivity contribution is 0.179. The van der Waals surface area contributed by atoms with Gasteiger partial charge in [-0.1, -0.05) is 36.7 Å². The van der Waals surface area contributed by atoms with E-state index in [4.69, 9.17) is 5.11 Å². The summed E-state index contributed by atoms with van der Waals surface area (Å²) in [4.78, 5) is 10.3. The summed E-state index contributed by atoms with van der Waals surface area (Å²) in [6.45, 7) is 5.98. The van der Waals surface area contributed by atoms with Crippen molar-refractivity contribution >= 4 is 22.0 Å². The van der Waals surface area contributed by atoms with E-state index in [1.165, 1.54) is 0 Å². The summed E-state index contributed by atoms with van der Waals surface area (Å²) in [7, 11) is 0. The molecule has 11 heavy (non-hydrogen) atoms. The van der Waals surface area contributed by atoms with Crippen LogP contribution in [0.2, 0.25) is 0 Å². The minimum Gasteiger partial charge on any atom is -0.465 e. The van der Waals surface area contributed by atoms with E-state index in [9.17, 15) is 4.79 Å². The van der Waals surface area contributed by atoms with Crippen molar-refractivity contribution in [1.29, 1.82) is 0 Å². The van der Waals surface area contributed by atoms with Gasteiger partial charge in [-0.25, -0.2) is 4.79 Å². The van der Waals surface area contributed by atoms with Gasteiger partial charge in [0.25, 0.3) is 0 Å². The van der Waals surface area contributed by atoms with Crippen molar-refractivity contribution < 1.29 is 9.90 Å². The summed E-state index contributed by atoms with van der Waals surface area (Å²) in [5, 5.41) is 11.5. The lowest BCUT2D eigenvalue weighted by Crippen LogP contribution is -2.44. The molecule has 0 rings (SSSR count). The Kier molecular flexibility index (Phi) is 3.86. The smallest absolute Gasteiger partial charge is 0.404 e. The van der Waals surface area contributed by atoms with Crippen LogP contribution in [0.15, 0.2) is 0 Å². The van der Waals surface area contributed by atoms with E-state index >= 15 is 0 Å². The van der Waals surface area contributed by atoms with Crippen molar-refractivity contribution in [3.05, 3.63) is 0 Å². The summed E-state index contributed by atoms with van der Waals surface area (Å²) in [5.41, 5.74) is -0.0398. The van der Waals surface area contributed by atoms with E-state index in [0.29, 0.717) is 5.33 Å². The number of carbonyl (C=O) groups is 1. The molecular formula is C7H14BrNO2. The minimum absolute atomic E-state index is 0.0398. The predicted octanol–water partition coefficient (Wildman–Crippen LogP) is 2.06. The molecule has 0 aromatic heterocycles. The first-order valence-electron chi connectivity index (χ1n) is 3.43. The molecule has 0 bridgehead atoms. The Hall–Kier alpha value is -0.250. The molecule has 2 N–H and O–H groups in total.